The van der Waals surface area contributed by atoms with E-state index in [1.807, 2.05) is 13.8 Å². The number of para-hydroxylation sites is 1. The molecule has 6 nitrogen and oxygen atoms in total. The largest absolute Gasteiger partial charge is 0.547 e. The number of carbonyl (C=O) groups is 2. The molecule has 0 saturated heterocycles. The van der Waals surface area contributed by atoms with Crippen molar-refractivity contribution in [2.24, 2.45) is 5.92 Å². The number of benzene rings is 1. The summed E-state index contributed by atoms with van der Waals surface area (Å²) in [5.41, 5.74) is 0.757. The van der Waals surface area contributed by atoms with Gasteiger partial charge in [0.05, 0.1) is 19.0 Å². The molecule has 0 aromatic heterocycles. The molecule has 0 spiro atoms. The van der Waals surface area contributed by atoms with E-state index in [4.69, 9.17) is 9.39 Å². The SMILES string of the molecule is CC(C)CCOC(=O)c1cccc2c1OB(O)[C@@H](NC(=O)CC(C)(F)F)C2. The Balaban J connectivity index is 2.07. The molecule has 2 N–H and O–H groups in total. The molecule has 1 aromatic rings. The van der Waals surface area contributed by atoms with Crippen LogP contribution in [-0.4, -0.2) is 42.5 Å². The molecule has 0 unspecified atom stereocenters. The first-order chi connectivity index (χ1) is 12.6. The van der Waals surface area contributed by atoms with Crippen LogP contribution in [0.25, 0.3) is 0 Å². The molecule has 1 atom stereocenters. The summed E-state index contributed by atoms with van der Waals surface area (Å²) in [5, 5.41) is 12.5. The number of ether oxygens (including phenoxy) is 1. The fourth-order valence-electron chi connectivity index (χ4n) is 2.71. The van der Waals surface area contributed by atoms with Gasteiger partial charge in [0.25, 0.3) is 5.92 Å². The van der Waals surface area contributed by atoms with Crippen molar-refractivity contribution >= 4 is 19.0 Å². The summed E-state index contributed by atoms with van der Waals surface area (Å²) in [7, 11) is -1.46. The molecule has 0 bridgehead atoms. The van der Waals surface area contributed by atoms with Gasteiger partial charge in [0.15, 0.2) is 0 Å². The van der Waals surface area contributed by atoms with E-state index >= 15 is 0 Å². The molecule has 0 radical (unpaired) electrons. The first-order valence-electron chi connectivity index (χ1n) is 8.87. The van der Waals surface area contributed by atoms with Crippen LogP contribution >= 0.6 is 0 Å². The molecule has 27 heavy (non-hydrogen) atoms. The third kappa shape index (κ3) is 6.20. The Kier molecular flexibility index (Phi) is 6.81. The van der Waals surface area contributed by atoms with Crippen molar-refractivity contribution in [1.82, 2.24) is 5.32 Å². The molecule has 0 fully saturated rings. The molecule has 148 valence electrons. The predicted molar refractivity (Wildman–Crippen MR) is 95.7 cm³/mol. The minimum Gasteiger partial charge on any atom is -0.534 e. The van der Waals surface area contributed by atoms with Gasteiger partial charge in [0.2, 0.25) is 5.91 Å². The summed E-state index contributed by atoms with van der Waals surface area (Å²) in [5.74, 6) is -4.91. The normalized spacial score (nSPS) is 16.6. The first-order valence-corrected chi connectivity index (χ1v) is 8.87. The van der Waals surface area contributed by atoms with Crippen LogP contribution in [0.15, 0.2) is 18.2 Å². The number of halogens is 2. The summed E-state index contributed by atoms with van der Waals surface area (Å²) in [6.45, 7) is 4.94. The second kappa shape index (κ2) is 8.69. The molecule has 2 rings (SSSR count). The number of hydrogen-bond donors (Lipinski definition) is 2. The minimum absolute atomic E-state index is 0.143. The molecule has 1 amide bonds. The van der Waals surface area contributed by atoms with Crippen molar-refractivity contribution in [3.05, 3.63) is 29.3 Å². The Labute approximate surface area is 157 Å². The van der Waals surface area contributed by atoms with Gasteiger partial charge in [0, 0.05) is 0 Å². The second-order valence-electron chi connectivity index (χ2n) is 7.25. The number of alkyl halides is 2. The Hall–Kier alpha value is -2.16. The molecule has 0 saturated carbocycles. The van der Waals surface area contributed by atoms with Crippen LogP contribution in [-0.2, 0) is 16.0 Å². The monoisotopic (exact) mass is 383 g/mol. The highest BCUT2D eigenvalue weighted by molar-refractivity contribution is 6.47. The smallest absolute Gasteiger partial charge is 0.534 e. The predicted octanol–water partition coefficient (Wildman–Crippen LogP) is 2.37. The van der Waals surface area contributed by atoms with Crippen molar-refractivity contribution in [2.75, 3.05) is 6.61 Å². The van der Waals surface area contributed by atoms with Crippen LogP contribution < -0.4 is 9.97 Å². The first kappa shape index (κ1) is 21.1. The van der Waals surface area contributed by atoms with Crippen LogP contribution in [0.5, 0.6) is 5.75 Å². The summed E-state index contributed by atoms with van der Waals surface area (Å²) >= 11 is 0. The Morgan fingerprint density at radius 2 is 2.15 bits per heavy atom. The van der Waals surface area contributed by atoms with Gasteiger partial charge in [-0.2, -0.15) is 0 Å². The number of esters is 1. The van der Waals surface area contributed by atoms with Crippen molar-refractivity contribution in [3.8, 4) is 5.75 Å². The van der Waals surface area contributed by atoms with Crippen molar-refractivity contribution in [3.63, 3.8) is 0 Å². The lowest BCUT2D eigenvalue weighted by Gasteiger charge is -2.29. The summed E-state index contributed by atoms with van der Waals surface area (Å²) in [6, 6.07) is 4.84. The highest BCUT2D eigenvalue weighted by atomic mass is 19.3. The quantitative estimate of drug-likeness (QED) is 0.558. The zero-order valence-corrected chi connectivity index (χ0v) is 15.6. The zero-order chi connectivity index (χ0) is 20.2. The number of carbonyl (C=O) groups excluding carboxylic acids is 2. The fraction of sp³-hybridized carbons (Fsp3) is 0.556. The van der Waals surface area contributed by atoms with E-state index in [-0.39, 0.29) is 24.3 Å². The lowest BCUT2D eigenvalue weighted by atomic mass is 9.72. The van der Waals surface area contributed by atoms with E-state index in [1.54, 1.807) is 12.1 Å². The molecular formula is C18H24BF2NO5. The van der Waals surface area contributed by atoms with Crippen molar-refractivity contribution in [2.45, 2.75) is 51.9 Å². The topological polar surface area (TPSA) is 84.9 Å². The minimum atomic E-state index is -3.14. The van der Waals surface area contributed by atoms with Gasteiger partial charge < -0.3 is 19.7 Å². The summed E-state index contributed by atoms with van der Waals surface area (Å²) < 4.78 is 36.5. The van der Waals surface area contributed by atoms with E-state index in [1.165, 1.54) is 6.07 Å². The number of rotatable bonds is 7. The zero-order valence-electron chi connectivity index (χ0n) is 15.6. The standard InChI is InChI=1S/C18H24BF2NO5/c1-11(2)7-8-26-17(24)13-6-4-5-12-9-14(19(25)27-16(12)13)22-15(23)10-18(3,20)21/h4-6,11,14,25H,7-10H2,1-3H3,(H,22,23)/t14-/m0/s1. The molecule has 1 heterocycles. The van der Waals surface area contributed by atoms with Crippen LogP contribution in [0.1, 0.15) is 49.5 Å². The van der Waals surface area contributed by atoms with Gasteiger partial charge in [-0.3, -0.25) is 4.79 Å². The van der Waals surface area contributed by atoms with Gasteiger partial charge in [-0.05, 0) is 37.3 Å². The summed E-state index contributed by atoms with van der Waals surface area (Å²) in [6.07, 6.45) is -0.115. The maximum atomic E-state index is 13.0. The molecule has 0 aliphatic carbocycles. The Morgan fingerprint density at radius 3 is 2.78 bits per heavy atom. The number of amides is 1. The number of nitrogens with one attached hydrogen (secondary N) is 1. The van der Waals surface area contributed by atoms with Crippen LogP contribution in [0.3, 0.4) is 0 Å². The molecule has 9 heteroatoms. The van der Waals surface area contributed by atoms with Crippen molar-refractivity contribution in [1.29, 1.82) is 0 Å². The maximum Gasteiger partial charge on any atom is 0.547 e. The van der Waals surface area contributed by atoms with E-state index in [9.17, 15) is 23.4 Å². The van der Waals surface area contributed by atoms with E-state index in [0.717, 1.165) is 6.42 Å². The highest BCUT2D eigenvalue weighted by Crippen LogP contribution is 2.31. The number of fused-ring (bicyclic) bond motifs is 1. The maximum absolute atomic E-state index is 13.0. The van der Waals surface area contributed by atoms with E-state index in [0.29, 0.717) is 18.4 Å². The van der Waals surface area contributed by atoms with E-state index < -0.39 is 37.3 Å². The number of hydrogen-bond acceptors (Lipinski definition) is 5. The van der Waals surface area contributed by atoms with Gasteiger partial charge in [0.1, 0.15) is 11.3 Å². The third-order valence-electron chi connectivity index (χ3n) is 4.08. The van der Waals surface area contributed by atoms with Gasteiger partial charge in [-0.25, -0.2) is 13.6 Å². The molecule has 1 aliphatic heterocycles. The van der Waals surface area contributed by atoms with Crippen molar-refractivity contribution < 1.29 is 32.8 Å². The lowest BCUT2D eigenvalue weighted by Crippen LogP contribution is -2.53. The second-order valence-corrected chi connectivity index (χ2v) is 7.25. The lowest BCUT2D eigenvalue weighted by molar-refractivity contribution is -0.127. The van der Waals surface area contributed by atoms with Crippen LogP contribution in [0.2, 0.25) is 0 Å². The van der Waals surface area contributed by atoms with Gasteiger partial charge >= 0.3 is 13.1 Å². The van der Waals surface area contributed by atoms with Gasteiger partial charge in [-0.15, -0.1) is 0 Å². The third-order valence-corrected chi connectivity index (χ3v) is 4.08. The Morgan fingerprint density at radius 1 is 1.44 bits per heavy atom. The van der Waals surface area contributed by atoms with Gasteiger partial charge in [-0.1, -0.05) is 26.0 Å². The molecule has 1 aromatic carbocycles. The van der Waals surface area contributed by atoms with E-state index in [2.05, 4.69) is 5.32 Å². The van der Waals surface area contributed by atoms with Crippen LogP contribution in [0.4, 0.5) is 8.78 Å². The molecule has 1 aliphatic rings. The molecular weight excluding hydrogens is 359 g/mol. The highest BCUT2D eigenvalue weighted by Gasteiger charge is 2.39. The summed E-state index contributed by atoms with van der Waals surface area (Å²) in [4.78, 5) is 24.0. The average Bonchev–Trinajstić information content (AvgIpc) is 2.52. The Bertz CT molecular complexity index is 693. The fourth-order valence-corrected chi connectivity index (χ4v) is 2.71. The average molecular weight is 383 g/mol. The van der Waals surface area contributed by atoms with Crippen LogP contribution in [0, 0.1) is 5.92 Å².